The lowest BCUT2D eigenvalue weighted by atomic mass is 9.59. The summed E-state index contributed by atoms with van der Waals surface area (Å²) >= 11 is 0. The predicted molar refractivity (Wildman–Crippen MR) is 208 cm³/mol. The second kappa shape index (κ2) is 11.0. The Kier molecular flexibility index (Phi) is 8.24. The van der Waals surface area contributed by atoms with Crippen LogP contribution in [-0.2, 0) is 21.7 Å². The van der Waals surface area contributed by atoms with E-state index < -0.39 is 0 Å². The van der Waals surface area contributed by atoms with Gasteiger partial charge in [0.1, 0.15) is 39.2 Å². The van der Waals surface area contributed by atoms with E-state index in [1.54, 1.807) is 0 Å². The van der Waals surface area contributed by atoms with E-state index in [0.717, 1.165) is 27.7 Å². The zero-order valence-electron chi connectivity index (χ0n) is 30.0. The molecule has 0 fully saturated rings. The molecule has 0 saturated carbocycles. The molecule has 0 aliphatic heterocycles. The van der Waals surface area contributed by atoms with Gasteiger partial charge in [0.05, 0.1) is 11.0 Å². The van der Waals surface area contributed by atoms with Gasteiger partial charge in [-0.15, -0.1) is 16.4 Å². The number of rotatable bonds is 2. The van der Waals surface area contributed by atoms with Crippen LogP contribution in [0.15, 0.2) is 48.5 Å². The van der Waals surface area contributed by atoms with Gasteiger partial charge in [-0.25, -0.2) is 0 Å². The molecule has 0 amide bonds. The van der Waals surface area contributed by atoms with Crippen LogP contribution in [0.2, 0.25) is 0 Å². The van der Waals surface area contributed by atoms with Gasteiger partial charge >= 0.3 is 0 Å². The average molecular weight is 593 g/mol. The molecule has 224 valence electrons. The lowest BCUT2D eigenvalue weighted by Crippen LogP contribution is -2.55. The van der Waals surface area contributed by atoms with Gasteiger partial charge in [-0.3, -0.25) is 0 Å². The third kappa shape index (κ3) is 5.63. The Morgan fingerprint density at radius 1 is 0.478 bits per heavy atom. The summed E-state index contributed by atoms with van der Waals surface area (Å²) in [6.45, 7) is 27.4. The maximum Gasteiger partial charge on any atom is 0.113 e. The van der Waals surface area contributed by atoms with Crippen molar-refractivity contribution in [1.29, 1.82) is 0 Å². The quantitative estimate of drug-likeness (QED) is 0.235. The SMILES string of the molecule is [B]c1c([B])c([B])c(-c2cccc3c2c2c(C(C)(C)C)c(C(C)(C)C)ccc2n3-c2cc(C(C)(C)C)cc(C(C)(C)C)c2)c([B])c1[B]. The molecule has 10 radical (unpaired) electrons. The van der Waals surface area contributed by atoms with Crippen molar-refractivity contribution in [3.63, 3.8) is 0 Å². The molecular formula is C40H44B5N. The van der Waals surface area contributed by atoms with E-state index in [1.807, 2.05) is 0 Å². The molecular weight excluding hydrogens is 549 g/mol. The fourth-order valence-corrected chi connectivity index (χ4v) is 6.79. The van der Waals surface area contributed by atoms with Crippen LogP contribution in [-0.4, -0.2) is 43.8 Å². The maximum atomic E-state index is 6.75. The maximum absolute atomic E-state index is 6.75. The molecule has 0 spiro atoms. The summed E-state index contributed by atoms with van der Waals surface area (Å²) in [4.78, 5) is 0. The van der Waals surface area contributed by atoms with Crippen LogP contribution < -0.4 is 27.3 Å². The summed E-state index contributed by atoms with van der Waals surface area (Å²) in [5.74, 6) is 0. The van der Waals surface area contributed by atoms with Crippen LogP contribution in [0.3, 0.4) is 0 Å². The molecule has 0 atom stereocenters. The molecule has 0 aliphatic rings. The fraction of sp³-hybridized carbons (Fsp3) is 0.400. The van der Waals surface area contributed by atoms with E-state index in [9.17, 15) is 0 Å². The Hall–Kier alpha value is -3.00. The van der Waals surface area contributed by atoms with E-state index in [-0.39, 0.29) is 38.0 Å². The zero-order chi connectivity index (χ0) is 34.5. The van der Waals surface area contributed by atoms with Crippen molar-refractivity contribution in [2.24, 2.45) is 0 Å². The predicted octanol–water partition coefficient (Wildman–Crippen LogP) is 5.61. The number of benzene rings is 4. The summed E-state index contributed by atoms with van der Waals surface area (Å²) in [7, 11) is 32.6. The standard InChI is InChI=1S/C40H44B5N/c1-37(2,3)21-18-22(38(4,5)6)20-23(19-21)46-26-15-13-14-24(29-32(41)34(43)36(45)35(44)33(29)42)28(26)30-27(46)17-16-25(39(7,8)9)31(30)40(10,11)12/h13-20H,1-12H3. The minimum absolute atomic E-state index is 0.0438. The first kappa shape index (κ1) is 34.3. The van der Waals surface area contributed by atoms with Crippen molar-refractivity contribution < 1.29 is 0 Å². The minimum atomic E-state index is -0.186. The smallest absolute Gasteiger partial charge is 0.113 e. The molecule has 5 aromatic rings. The molecule has 6 heteroatoms. The molecule has 1 heterocycles. The first-order valence-corrected chi connectivity index (χ1v) is 16.3. The van der Waals surface area contributed by atoms with Crippen molar-refractivity contribution in [2.45, 2.75) is 105 Å². The van der Waals surface area contributed by atoms with Gasteiger partial charge in [-0.05, 0) is 79.3 Å². The van der Waals surface area contributed by atoms with Crippen LogP contribution in [0.25, 0.3) is 38.6 Å². The number of nitrogens with zero attached hydrogens (tertiary/aromatic N) is 1. The third-order valence-corrected chi connectivity index (χ3v) is 9.39. The first-order chi connectivity index (χ1) is 21.0. The highest BCUT2D eigenvalue weighted by Crippen LogP contribution is 2.46. The molecule has 5 rings (SSSR count). The van der Waals surface area contributed by atoms with Gasteiger partial charge in [0.15, 0.2) is 0 Å². The Labute approximate surface area is 284 Å². The van der Waals surface area contributed by atoms with Crippen molar-refractivity contribution >= 4 is 88.4 Å². The molecule has 0 N–H and O–H groups in total. The van der Waals surface area contributed by atoms with E-state index >= 15 is 0 Å². The first-order valence-electron chi connectivity index (χ1n) is 16.3. The summed E-state index contributed by atoms with van der Waals surface area (Å²) in [5.41, 5.74) is 11.0. The Bertz CT molecular complexity index is 1960. The highest BCUT2D eigenvalue weighted by atomic mass is 15.0. The van der Waals surface area contributed by atoms with E-state index in [1.165, 1.54) is 27.6 Å². The second-order valence-electron chi connectivity index (χ2n) is 17.1. The van der Waals surface area contributed by atoms with Gasteiger partial charge in [-0.2, -0.15) is 0 Å². The van der Waals surface area contributed by atoms with Gasteiger partial charge in [0.2, 0.25) is 0 Å². The molecule has 46 heavy (non-hydrogen) atoms. The minimum Gasteiger partial charge on any atom is -0.309 e. The summed E-state index contributed by atoms with van der Waals surface area (Å²) in [6.07, 6.45) is 0. The molecule has 0 aliphatic carbocycles. The Balaban J connectivity index is 2.12. The topological polar surface area (TPSA) is 4.93 Å². The van der Waals surface area contributed by atoms with Gasteiger partial charge in [0, 0.05) is 16.5 Å². The van der Waals surface area contributed by atoms with Crippen molar-refractivity contribution in [3.8, 4) is 16.8 Å². The lowest BCUT2D eigenvalue weighted by Gasteiger charge is -2.31. The molecule has 1 nitrogen and oxygen atoms in total. The number of hydrogen-bond donors (Lipinski definition) is 0. The van der Waals surface area contributed by atoms with Gasteiger partial charge in [0.25, 0.3) is 0 Å². The van der Waals surface area contributed by atoms with E-state index in [0.29, 0.717) is 16.5 Å². The van der Waals surface area contributed by atoms with E-state index in [2.05, 4.69) is 136 Å². The number of aromatic nitrogens is 1. The monoisotopic (exact) mass is 593 g/mol. The van der Waals surface area contributed by atoms with Crippen molar-refractivity contribution in [2.75, 3.05) is 0 Å². The highest BCUT2D eigenvalue weighted by molar-refractivity contribution is 6.69. The molecule has 4 aromatic carbocycles. The van der Waals surface area contributed by atoms with Crippen LogP contribution in [0, 0.1) is 0 Å². The summed E-state index contributed by atoms with van der Waals surface area (Å²) in [5, 5.41) is 2.24. The number of fused-ring (bicyclic) bond motifs is 3. The lowest BCUT2D eigenvalue weighted by molar-refractivity contribution is 0.535. The van der Waals surface area contributed by atoms with Crippen LogP contribution >= 0.6 is 0 Å². The second-order valence-corrected chi connectivity index (χ2v) is 17.1. The van der Waals surface area contributed by atoms with Gasteiger partial charge < -0.3 is 4.57 Å². The normalized spacial score (nSPS) is 13.2. The summed E-state index contributed by atoms with van der Waals surface area (Å²) < 4.78 is 2.41. The summed E-state index contributed by atoms with van der Waals surface area (Å²) in [6, 6.07) is 18.0. The fourth-order valence-electron chi connectivity index (χ4n) is 6.79. The Morgan fingerprint density at radius 2 is 0.957 bits per heavy atom. The van der Waals surface area contributed by atoms with Crippen LogP contribution in [0.5, 0.6) is 0 Å². The van der Waals surface area contributed by atoms with Crippen LogP contribution in [0.1, 0.15) is 105 Å². The van der Waals surface area contributed by atoms with Crippen molar-refractivity contribution in [3.05, 3.63) is 70.8 Å². The highest BCUT2D eigenvalue weighted by Gasteiger charge is 2.32. The van der Waals surface area contributed by atoms with Crippen molar-refractivity contribution in [1.82, 2.24) is 4.57 Å². The number of hydrogen-bond acceptors (Lipinski definition) is 0. The molecule has 0 unspecified atom stereocenters. The zero-order valence-corrected chi connectivity index (χ0v) is 30.0. The average Bonchev–Trinajstić information content (AvgIpc) is 3.27. The molecule has 1 aromatic heterocycles. The van der Waals surface area contributed by atoms with E-state index in [4.69, 9.17) is 39.2 Å². The molecule has 0 saturated heterocycles. The van der Waals surface area contributed by atoms with Gasteiger partial charge in [-0.1, -0.05) is 118 Å². The third-order valence-electron chi connectivity index (χ3n) is 9.39. The van der Waals surface area contributed by atoms with Crippen LogP contribution in [0.4, 0.5) is 0 Å². The largest absolute Gasteiger partial charge is 0.309 e. The Morgan fingerprint density at radius 3 is 1.41 bits per heavy atom. The molecule has 0 bridgehead atoms.